The number of hydrogen-bond acceptors (Lipinski definition) is 5. The summed E-state index contributed by atoms with van der Waals surface area (Å²) in [5.74, 6) is 0.141. The molecule has 0 aliphatic carbocycles. The van der Waals surface area contributed by atoms with Crippen molar-refractivity contribution >= 4 is 34.8 Å². The third-order valence-corrected chi connectivity index (χ3v) is 4.34. The molecule has 3 N–H and O–H groups in total. The Morgan fingerprint density at radius 2 is 1.85 bits per heavy atom. The van der Waals surface area contributed by atoms with Gasteiger partial charge in [0.15, 0.2) is 0 Å². The lowest BCUT2D eigenvalue weighted by Gasteiger charge is -2.35. The number of carbonyl (C=O) groups excluding carboxylic acids is 2. The maximum Gasteiger partial charge on any atom is 0.257 e. The molecule has 27 heavy (non-hydrogen) atoms. The highest BCUT2D eigenvalue weighted by atomic mass is 16.2. The molecule has 0 saturated heterocycles. The van der Waals surface area contributed by atoms with Gasteiger partial charge in [-0.1, -0.05) is 12.1 Å². The van der Waals surface area contributed by atoms with E-state index in [0.29, 0.717) is 11.5 Å². The number of likely N-dealkylation sites (N-methyl/N-ethyl adjacent to an activating group) is 1. The first-order valence-electron chi connectivity index (χ1n) is 8.42. The minimum atomic E-state index is -0.253. The van der Waals surface area contributed by atoms with E-state index in [2.05, 4.69) is 20.7 Å². The Kier molecular flexibility index (Phi) is 4.21. The lowest BCUT2D eigenvalue weighted by atomic mass is 10.2. The number of hydrogen-bond donors (Lipinski definition) is 3. The monoisotopic (exact) mass is 362 g/mol. The summed E-state index contributed by atoms with van der Waals surface area (Å²) in [5, 5.41) is 4.48. The van der Waals surface area contributed by atoms with E-state index in [1.165, 1.54) is 0 Å². The number of rotatable bonds is 4. The number of fused-ring (bicyclic) bond motifs is 1. The molecule has 136 valence electrons. The molecule has 8 nitrogen and oxygen atoms in total. The molecular weight excluding hydrogens is 344 g/mol. The molecule has 3 aromatic rings. The Labute approximate surface area is 155 Å². The number of carbonyl (C=O) groups is 2. The van der Waals surface area contributed by atoms with Crippen LogP contribution in [0.4, 0.5) is 23.0 Å². The fourth-order valence-corrected chi connectivity index (χ4v) is 2.90. The summed E-state index contributed by atoms with van der Waals surface area (Å²) < 4.78 is 0. The van der Waals surface area contributed by atoms with E-state index in [9.17, 15) is 9.59 Å². The number of aromatic amines is 1. The van der Waals surface area contributed by atoms with Crippen molar-refractivity contribution < 1.29 is 9.59 Å². The van der Waals surface area contributed by atoms with E-state index in [4.69, 9.17) is 0 Å². The molecule has 2 aromatic carbocycles. The van der Waals surface area contributed by atoms with E-state index < -0.39 is 0 Å². The molecule has 0 unspecified atom stereocenters. The van der Waals surface area contributed by atoms with Crippen LogP contribution in [0.25, 0.3) is 0 Å². The van der Waals surface area contributed by atoms with E-state index in [1.807, 2.05) is 24.3 Å². The smallest absolute Gasteiger partial charge is 0.257 e. The van der Waals surface area contributed by atoms with Gasteiger partial charge in [0.05, 0.1) is 17.1 Å². The van der Waals surface area contributed by atoms with E-state index in [0.717, 1.165) is 17.1 Å². The average Bonchev–Trinajstić information content (AvgIpc) is 3.19. The lowest BCUT2D eigenvalue weighted by molar-refractivity contribution is -0.117. The number of anilines is 4. The molecule has 0 fully saturated rings. The van der Waals surface area contributed by atoms with Crippen LogP contribution in [0.3, 0.4) is 0 Å². The molecule has 2 heterocycles. The van der Waals surface area contributed by atoms with Gasteiger partial charge >= 0.3 is 0 Å². The van der Waals surface area contributed by atoms with Crippen LogP contribution >= 0.6 is 0 Å². The zero-order valence-corrected chi connectivity index (χ0v) is 14.6. The predicted octanol–water partition coefficient (Wildman–Crippen LogP) is 2.47. The molecule has 1 aromatic heterocycles. The first-order valence-corrected chi connectivity index (χ1v) is 8.42. The SMILES string of the molecule is CN1C(=O)CN(Nc2ccc(C(=O)Nc3ncc[nH]3)cc2)c2ccccc21. The van der Waals surface area contributed by atoms with Gasteiger partial charge in [0.1, 0.15) is 6.54 Å². The third-order valence-electron chi connectivity index (χ3n) is 4.34. The van der Waals surface area contributed by atoms with Crippen molar-refractivity contribution in [2.24, 2.45) is 0 Å². The van der Waals surface area contributed by atoms with Gasteiger partial charge in [0, 0.05) is 25.0 Å². The van der Waals surface area contributed by atoms with Crippen LogP contribution in [-0.4, -0.2) is 35.4 Å². The molecule has 0 bridgehead atoms. The van der Waals surface area contributed by atoms with Crippen molar-refractivity contribution in [2.45, 2.75) is 0 Å². The molecule has 0 atom stereocenters. The largest absolute Gasteiger partial charge is 0.331 e. The van der Waals surface area contributed by atoms with Gasteiger partial charge in [-0.3, -0.25) is 25.3 Å². The fraction of sp³-hybridized carbons (Fsp3) is 0.105. The number of hydrazine groups is 1. The number of nitrogens with one attached hydrogen (secondary N) is 3. The summed E-state index contributed by atoms with van der Waals surface area (Å²) in [6.07, 6.45) is 3.20. The Bertz CT molecular complexity index is 968. The first-order chi connectivity index (χ1) is 13.1. The zero-order chi connectivity index (χ0) is 18.8. The predicted molar refractivity (Wildman–Crippen MR) is 104 cm³/mol. The molecule has 0 saturated carbocycles. The standard InChI is InChI=1S/C19H18N6O2/c1-24-15-4-2-3-5-16(15)25(12-17(24)26)23-14-8-6-13(7-9-14)18(27)22-19-20-10-11-21-19/h2-11,23H,12H2,1H3,(H2,20,21,22,27). The molecule has 2 amide bonds. The molecule has 0 radical (unpaired) electrons. The number of amides is 2. The van der Waals surface area contributed by atoms with Gasteiger partial charge < -0.3 is 9.88 Å². The van der Waals surface area contributed by atoms with Crippen LogP contribution in [0.5, 0.6) is 0 Å². The minimum absolute atomic E-state index is 0.00403. The Morgan fingerprint density at radius 1 is 1.11 bits per heavy atom. The second-order valence-corrected chi connectivity index (χ2v) is 6.11. The van der Waals surface area contributed by atoms with Crippen LogP contribution < -0.4 is 20.7 Å². The van der Waals surface area contributed by atoms with Gasteiger partial charge in [-0.15, -0.1) is 0 Å². The average molecular weight is 362 g/mol. The number of benzene rings is 2. The molecule has 4 rings (SSSR count). The maximum atomic E-state index is 12.2. The van der Waals surface area contributed by atoms with Crippen molar-refractivity contribution in [3.05, 3.63) is 66.5 Å². The van der Waals surface area contributed by atoms with Crippen molar-refractivity contribution in [3.8, 4) is 0 Å². The van der Waals surface area contributed by atoms with Gasteiger partial charge in [-0.2, -0.15) is 0 Å². The highest BCUT2D eigenvalue weighted by Crippen LogP contribution is 2.32. The number of aromatic nitrogens is 2. The normalized spacial score (nSPS) is 13.3. The summed E-state index contributed by atoms with van der Waals surface area (Å²) in [6.45, 7) is 0.217. The number of imidazole rings is 1. The van der Waals surface area contributed by atoms with Crippen LogP contribution in [0.1, 0.15) is 10.4 Å². The van der Waals surface area contributed by atoms with Gasteiger partial charge in [-0.05, 0) is 36.4 Å². The van der Waals surface area contributed by atoms with Gasteiger partial charge in [0.2, 0.25) is 11.9 Å². The first kappa shape index (κ1) is 16.6. The zero-order valence-electron chi connectivity index (χ0n) is 14.6. The van der Waals surface area contributed by atoms with E-state index in [-0.39, 0.29) is 18.4 Å². The topological polar surface area (TPSA) is 93.4 Å². The van der Waals surface area contributed by atoms with Crippen molar-refractivity contribution in [1.29, 1.82) is 0 Å². The molecule has 1 aliphatic heterocycles. The van der Waals surface area contributed by atoms with Crippen molar-refractivity contribution in [1.82, 2.24) is 9.97 Å². The highest BCUT2D eigenvalue weighted by molar-refractivity contribution is 6.04. The highest BCUT2D eigenvalue weighted by Gasteiger charge is 2.26. The van der Waals surface area contributed by atoms with Gasteiger partial charge in [0.25, 0.3) is 5.91 Å². The Balaban J connectivity index is 1.49. The van der Waals surface area contributed by atoms with E-state index >= 15 is 0 Å². The van der Waals surface area contributed by atoms with E-state index in [1.54, 1.807) is 53.6 Å². The number of para-hydroxylation sites is 2. The fourth-order valence-electron chi connectivity index (χ4n) is 2.90. The summed E-state index contributed by atoms with van der Waals surface area (Å²) in [4.78, 5) is 32.9. The maximum absolute atomic E-state index is 12.2. The Hall–Kier alpha value is -3.81. The summed E-state index contributed by atoms with van der Waals surface area (Å²) in [7, 11) is 1.77. The molecule has 8 heteroatoms. The van der Waals surface area contributed by atoms with Crippen LogP contribution in [0, 0.1) is 0 Å². The summed E-state index contributed by atoms with van der Waals surface area (Å²) in [6, 6.07) is 14.7. The third kappa shape index (κ3) is 3.32. The quantitative estimate of drug-likeness (QED) is 0.663. The number of H-pyrrole nitrogens is 1. The molecule has 0 spiro atoms. The summed E-state index contributed by atoms with van der Waals surface area (Å²) in [5.41, 5.74) is 6.28. The Morgan fingerprint density at radius 3 is 2.56 bits per heavy atom. The van der Waals surface area contributed by atoms with Crippen LogP contribution in [-0.2, 0) is 4.79 Å². The molecule has 1 aliphatic rings. The molecular formula is C19H18N6O2. The summed E-state index contributed by atoms with van der Waals surface area (Å²) >= 11 is 0. The number of nitrogens with zero attached hydrogens (tertiary/aromatic N) is 3. The lowest BCUT2D eigenvalue weighted by Crippen LogP contribution is -2.46. The second-order valence-electron chi connectivity index (χ2n) is 6.11. The van der Waals surface area contributed by atoms with Crippen molar-refractivity contribution in [2.75, 3.05) is 34.2 Å². The minimum Gasteiger partial charge on any atom is -0.331 e. The van der Waals surface area contributed by atoms with Gasteiger partial charge in [-0.25, -0.2) is 4.98 Å². The van der Waals surface area contributed by atoms with Crippen LogP contribution in [0.15, 0.2) is 60.9 Å². The van der Waals surface area contributed by atoms with Crippen molar-refractivity contribution in [3.63, 3.8) is 0 Å². The van der Waals surface area contributed by atoms with Crippen LogP contribution in [0.2, 0.25) is 0 Å². The second kappa shape index (κ2) is 6.83.